The van der Waals surface area contributed by atoms with E-state index in [1.54, 1.807) is 0 Å². The third-order valence-corrected chi connectivity index (χ3v) is 5.43. The van der Waals surface area contributed by atoms with Crippen LogP contribution in [0.25, 0.3) is 0 Å². The molecule has 1 fully saturated rings. The lowest BCUT2D eigenvalue weighted by Crippen LogP contribution is -2.33. The van der Waals surface area contributed by atoms with Crippen molar-refractivity contribution in [2.24, 2.45) is 5.73 Å². The van der Waals surface area contributed by atoms with Gasteiger partial charge >= 0.3 is 0 Å². The Kier molecular flexibility index (Phi) is 5.02. The van der Waals surface area contributed by atoms with Crippen LogP contribution >= 0.6 is 15.9 Å². The van der Waals surface area contributed by atoms with Crippen LogP contribution in [-0.2, 0) is 16.6 Å². The van der Waals surface area contributed by atoms with Gasteiger partial charge in [0.05, 0.1) is 6.54 Å². The third-order valence-electron chi connectivity index (χ3n) is 3.12. The number of halogens is 1. The van der Waals surface area contributed by atoms with Crippen molar-refractivity contribution in [3.63, 3.8) is 0 Å². The first-order valence-electron chi connectivity index (χ1n) is 6.23. The largest absolute Gasteiger partial charge is 0.452 e. The molecule has 2 rings (SSSR count). The molecule has 1 aliphatic heterocycles. The number of rotatable bonds is 6. The number of hydrogen-bond acceptors (Lipinski definition) is 5. The summed E-state index contributed by atoms with van der Waals surface area (Å²) in [7, 11) is -3.54. The third kappa shape index (κ3) is 3.79. The fraction of sp³-hybridized carbons (Fsp3) is 0.636. The summed E-state index contributed by atoms with van der Waals surface area (Å²) in [6.07, 6.45) is 2.39. The fourth-order valence-electron chi connectivity index (χ4n) is 2.10. The van der Waals surface area contributed by atoms with Gasteiger partial charge in [-0.2, -0.15) is 0 Å². The number of nitrogens with zero attached hydrogens (tertiary/aromatic N) is 1. The smallest absolute Gasteiger partial charge is 0.245 e. The number of sulfonamides is 1. The van der Waals surface area contributed by atoms with Gasteiger partial charge in [-0.15, -0.1) is 0 Å². The average Bonchev–Trinajstić information content (AvgIpc) is 2.98. The zero-order valence-corrected chi connectivity index (χ0v) is 13.0. The molecule has 0 bridgehead atoms. The van der Waals surface area contributed by atoms with Crippen LogP contribution in [0.2, 0.25) is 0 Å². The van der Waals surface area contributed by atoms with E-state index in [-0.39, 0.29) is 16.1 Å². The minimum absolute atomic E-state index is 0.106. The van der Waals surface area contributed by atoms with Crippen LogP contribution in [0.1, 0.15) is 18.6 Å². The van der Waals surface area contributed by atoms with Crippen molar-refractivity contribution in [1.82, 2.24) is 9.62 Å². The molecule has 0 amide bonds. The summed E-state index contributed by atoms with van der Waals surface area (Å²) in [5.74, 6) is 0.437. The molecule has 0 unspecified atom stereocenters. The minimum atomic E-state index is -3.54. The lowest BCUT2D eigenvalue weighted by molar-refractivity contribution is 0.344. The van der Waals surface area contributed by atoms with Crippen LogP contribution in [-0.4, -0.2) is 39.5 Å². The lowest BCUT2D eigenvalue weighted by atomic mass is 10.4. The number of likely N-dealkylation sites (tertiary alicyclic amines) is 1. The standard InChI is InChI=1S/C11H18BrN3O3S/c12-11-10(7-9(8-13)18-11)19(16,17)14-3-6-15-4-1-2-5-15/h7,14H,1-6,8,13H2. The van der Waals surface area contributed by atoms with Crippen LogP contribution in [0.3, 0.4) is 0 Å². The highest BCUT2D eigenvalue weighted by atomic mass is 79.9. The SMILES string of the molecule is NCc1cc(S(=O)(=O)NCCN2CCCC2)c(Br)o1. The van der Waals surface area contributed by atoms with Gasteiger partial charge in [0.2, 0.25) is 10.0 Å². The van der Waals surface area contributed by atoms with Crippen molar-refractivity contribution < 1.29 is 12.8 Å². The molecule has 0 radical (unpaired) electrons. The summed E-state index contributed by atoms with van der Waals surface area (Å²) in [4.78, 5) is 2.35. The minimum Gasteiger partial charge on any atom is -0.452 e. The molecule has 1 aromatic heterocycles. The van der Waals surface area contributed by atoms with E-state index in [9.17, 15) is 8.42 Å². The molecule has 6 nitrogen and oxygen atoms in total. The molecule has 0 spiro atoms. The number of nitrogens with one attached hydrogen (secondary N) is 1. The van der Waals surface area contributed by atoms with E-state index in [1.165, 1.54) is 18.9 Å². The first-order valence-corrected chi connectivity index (χ1v) is 8.51. The maximum atomic E-state index is 12.1. The molecule has 8 heteroatoms. The van der Waals surface area contributed by atoms with Gasteiger partial charge in [0.15, 0.2) is 4.67 Å². The monoisotopic (exact) mass is 351 g/mol. The van der Waals surface area contributed by atoms with E-state index in [0.29, 0.717) is 12.3 Å². The van der Waals surface area contributed by atoms with Gasteiger partial charge in [-0.3, -0.25) is 0 Å². The predicted octanol–water partition coefficient (Wildman–Crippen LogP) is 0.875. The first-order chi connectivity index (χ1) is 9.03. The molecule has 1 aromatic rings. The highest BCUT2D eigenvalue weighted by Gasteiger charge is 2.22. The molecule has 108 valence electrons. The lowest BCUT2D eigenvalue weighted by Gasteiger charge is -2.14. The zero-order chi connectivity index (χ0) is 13.9. The van der Waals surface area contributed by atoms with Gasteiger partial charge in [0.25, 0.3) is 0 Å². The van der Waals surface area contributed by atoms with E-state index >= 15 is 0 Å². The maximum absolute atomic E-state index is 12.1. The maximum Gasteiger partial charge on any atom is 0.245 e. The van der Waals surface area contributed by atoms with Gasteiger partial charge in [0, 0.05) is 19.2 Å². The van der Waals surface area contributed by atoms with Crippen molar-refractivity contribution in [2.75, 3.05) is 26.2 Å². The van der Waals surface area contributed by atoms with E-state index in [0.717, 1.165) is 19.6 Å². The predicted molar refractivity (Wildman–Crippen MR) is 75.2 cm³/mol. The van der Waals surface area contributed by atoms with Crippen LogP contribution in [0.4, 0.5) is 0 Å². The topological polar surface area (TPSA) is 88.6 Å². The fourth-order valence-corrected chi connectivity index (χ4v) is 4.12. The Morgan fingerprint density at radius 1 is 1.42 bits per heavy atom. The highest BCUT2D eigenvalue weighted by molar-refractivity contribution is 9.10. The van der Waals surface area contributed by atoms with Crippen molar-refractivity contribution in [3.05, 3.63) is 16.5 Å². The summed E-state index contributed by atoms with van der Waals surface area (Å²) in [5, 5.41) is 0. The zero-order valence-electron chi connectivity index (χ0n) is 10.6. The molecule has 0 aliphatic carbocycles. The molecule has 1 aliphatic rings. The molecule has 3 N–H and O–H groups in total. The summed E-state index contributed by atoms with van der Waals surface area (Å²) in [6.45, 7) is 3.40. The van der Waals surface area contributed by atoms with Crippen molar-refractivity contribution >= 4 is 26.0 Å². The Bertz CT molecular complexity index is 523. The van der Waals surface area contributed by atoms with Crippen molar-refractivity contribution in [2.45, 2.75) is 24.3 Å². The van der Waals surface area contributed by atoms with Crippen LogP contribution < -0.4 is 10.5 Å². The van der Waals surface area contributed by atoms with Gasteiger partial charge in [-0.05, 0) is 41.9 Å². The van der Waals surface area contributed by atoms with Gasteiger partial charge in [0.1, 0.15) is 10.7 Å². The number of furan rings is 1. The summed E-state index contributed by atoms with van der Waals surface area (Å²) in [5.41, 5.74) is 5.42. The second kappa shape index (κ2) is 6.36. The first kappa shape index (κ1) is 15.0. The van der Waals surface area contributed by atoms with E-state index in [1.807, 2.05) is 0 Å². The molecular formula is C11H18BrN3O3S. The van der Waals surface area contributed by atoms with Crippen molar-refractivity contribution in [3.8, 4) is 0 Å². The highest BCUT2D eigenvalue weighted by Crippen LogP contribution is 2.25. The summed E-state index contributed by atoms with van der Waals surface area (Å²) >= 11 is 3.10. The Hall–Kier alpha value is -0.410. The number of hydrogen-bond donors (Lipinski definition) is 2. The summed E-state index contributed by atoms with van der Waals surface area (Å²) in [6, 6.07) is 1.45. The van der Waals surface area contributed by atoms with Crippen LogP contribution in [0, 0.1) is 0 Å². The Morgan fingerprint density at radius 2 is 2.11 bits per heavy atom. The normalized spacial score (nSPS) is 17.2. The van der Waals surface area contributed by atoms with Crippen molar-refractivity contribution in [1.29, 1.82) is 0 Å². The quantitative estimate of drug-likeness (QED) is 0.793. The Labute approximate surface area is 121 Å². The molecule has 0 saturated carbocycles. The second-order valence-corrected chi connectivity index (χ2v) is 6.96. The summed E-state index contributed by atoms with van der Waals surface area (Å²) < 4.78 is 32.2. The van der Waals surface area contributed by atoms with Gasteiger partial charge < -0.3 is 15.1 Å². The van der Waals surface area contributed by atoms with Gasteiger partial charge in [-0.1, -0.05) is 0 Å². The average molecular weight is 352 g/mol. The molecular weight excluding hydrogens is 334 g/mol. The van der Waals surface area contributed by atoms with Gasteiger partial charge in [-0.25, -0.2) is 13.1 Å². The van der Waals surface area contributed by atoms with E-state index < -0.39 is 10.0 Å². The molecule has 2 heterocycles. The van der Waals surface area contributed by atoms with Crippen LogP contribution in [0.15, 0.2) is 20.0 Å². The second-order valence-electron chi connectivity index (χ2n) is 4.50. The number of nitrogens with two attached hydrogens (primary N) is 1. The Morgan fingerprint density at radius 3 is 2.68 bits per heavy atom. The van der Waals surface area contributed by atoms with E-state index in [4.69, 9.17) is 10.2 Å². The van der Waals surface area contributed by atoms with Crippen LogP contribution in [0.5, 0.6) is 0 Å². The Balaban J connectivity index is 1.95. The molecule has 0 aromatic carbocycles. The molecule has 0 atom stereocenters. The van der Waals surface area contributed by atoms with E-state index in [2.05, 4.69) is 25.6 Å². The molecule has 1 saturated heterocycles. The molecule has 19 heavy (non-hydrogen) atoms.